The van der Waals surface area contributed by atoms with E-state index in [9.17, 15) is 4.79 Å². The monoisotopic (exact) mass is 167 g/mol. The molecule has 0 unspecified atom stereocenters. The number of nitrogens with zero attached hydrogens (tertiary/aromatic N) is 1. The molecule has 0 bridgehead atoms. The molecule has 0 aliphatic heterocycles. The molecule has 2 rings (SSSR count). The molecule has 64 valence electrons. The van der Waals surface area contributed by atoms with E-state index in [1.165, 1.54) is 6.20 Å². The van der Waals surface area contributed by atoms with E-state index in [2.05, 4.69) is 5.16 Å². The maximum atomic E-state index is 10.9. The number of aryl methyl sites for hydroxylation is 1. The molecule has 12 heavy (non-hydrogen) atoms. The van der Waals surface area contributed by atoms with Gasteiger partial charge >= 0.3 is 5.97 Å². The molecule has 1 aromatic heterocycles. The standard InChI is InChI=1S/C8H9NO3/c1-5-6(4-9-12-5)8(2-3-8)7(10)11/h4H,2-3H2,1H3,(H,10,11). The van der Waals surface area contributed by atoms with E-state index in [1.807, 2.05) is 0 Å². The molecular weight excluding hydrogens is 158 g/mol. The first kappa shape index (κ1) is 7.34. The lowest BCUT2D eigenvalue weighted by molar-refractivity contribution is -0.140. The Hall–Kier alpha value is -1.32. The van der Waals surface area contributed by atoms with Crippen LogP contribution in [0, 0.1) is 6.92 Å². The second-order valence-corrected chi connectivity index (χ2v) is 3.18. The zero-order valence-electron chi connectivity index (χ0n) is 6.70. The minimum absolute atomic E-state index is 0.620. The van der Waals surface area contributed by atoms with Crippen LogP contribution in [-0.4, -0.2) is 16.2 Å². The summed E-state index contributed by atoms with van der Waals surface area (Å²) in [7, 11) is 0. The van der Waals surface area contributed by atoms with Crippen LogP contribution >= 0.6 is 0 Å². The van der Waals surface area contributed by atoms with Crippen molar-refractivity contribution in [1.29, 1.82) is 0 Å². The number of carboxylic acid groups (broad SMARTS) is 1. The van der Waals surface area contributed by atoms with Crippen molar-refractivity contribution in [2.45, 2.75) is 25.2 Å². The highest BCUT2D eigenvalue weighted by molar-refractivity contribution is 5.85. The van der Waals surface area contributed by atoms with Gasteiger partial charge in [0, 0.05) is 5.56 Å². The summed E-state index contributed by atoms with van der Waals surface area (Å²) in [5.74, 6) is -0.149. The second kappa shape index (κ2) is 2.09. The van der Waals surface area contributed by atoms with Crippen LogP contribution < -0.4 is 0 Å². The Morgan fingerprint density at radius 3 is 2.75 bits per heavy atom. The van der Waals surface area contributed by atoms with Crippen LogP contribution in [0.1, 0.15) is 24.2 Å². The maximum absolute atomic E-state index is 10.9. The van der Waals surface area contributed by atoms with Crippen molar-refractivity contribution in [2.24, 2.45) is 0 Å². The average molecular weight is 167 g/mol. The quantitative estimate of drug-likeness (QED) is 0.716. The number of carboxylic acids is 1. The molecule has 0 radical (unpaired) electrons. The molecule has 1 heterocycles. The minimum atomic E-state index is -0.770. The summed E-state index contributed by atoms with van der Waals surface area (Å²) in [6.45, 7) is 1.74. The number of aromatic nitrogens is 1. The van der Waals surface area contributed by atoms with E-state index >= 15 is 0 Å². The molecule has 0 saturated heterocycles. The number of rotatable bonds is 2. The van der Waals surface area contributed by atoms with E-state index in [0.717, 1.165) is 5.56 Å². The summed E-state index contributed by atoms with van der Waals surface area (Å²) >= 11 is 0. The SMILES string of the molecule is Cc1oncc1C1(C(=O)O)CC1. The molecule has 1 saturated carbocycles. The molecule has 1 aliphatic rings. The third-order valence-electron chi connectivity index (χ3n) is 2.43. The van der Waals surface area contributed by atoms with Gasteiger partial charge in [-0.05, 0) is 19.8 Å². The first-order chi connectivity index (χ1) is 5.67. The number of hydrogen-bond donors (Lipinski definition) is 1. The third-order valence-corrected chi connectivity index (χ3v) is 2.43. The van der Waals surface area contributed by atoms with E-state index in [1.54, 1.807) is 6.92 Å². The van der Waals surface area contributed by atoms with Crippen molar-refractivity contribution < 1.29 is 14.4 Å². The van der Waals surface area contributed by atoms with Crippen molar-refractivity contribution in [3.8, 4) is 0 Å². The minimum Gasteiger partial charge on any atom is -0.481 e. The smallest absolute Gasteiger partial charge is 0.314 e. The second-order valence-electron chi connectivity index (χ2n) is 3.18. The van der Waals surface area contributed by atoms with Gasteiger partial charge in [-0.3, -0.25) is 4.79 Å². The highest BCUT2D eigenvalue weighted by Crippen LogP contribution is 2.49. The van der Waals surface area contributed by atoms with Gasteiger partial charge in [0.15, 0.2) is 0 Å². The molecule has 1 aromatic rings. The highest BCUT2D eigenvalue weighted by atomic mass is 16.5. The Morgan fingerprint density at radius 1 is 1.75 bits per heavy atom. The van der Waals surface area contributed by atoms with Gasteiger partial charge in [-0.15, -0.1) is 0 Å². The Bertz CT molecular complexity index is 325. The predicted octanol–water partition coefficient (Wildman–Crippen LogP) is 1.10. The maximum Gasteiger partial charge on any atom is 0.314 e. The van der Waals surface area contributed by atoms with Gasteiger partial charge in [0.2, 0.25) is 0 Å². The lowest BCUT2D eigenvalue weighted by Crippen LogP contribution is -2.19. The van der Waals surface area contributed by atoms with Gasteiger partial charge in [-0.25, -0.2) is 0 Å². The molecule has 0 atom stereocenters. The van der Waals surface area contributed by atoms with Crippen LogP contribution in [-0.2, 0) is 10.2 Å². The summed E-state index contributed by atoms with van der Waals surface area (Å²) in [5.41, 5.74) is 0.0550. The molecule has 0 amide bonds. The molecule has 0 aromatic carbocycles. The van der Waals surface area contributed by atoms with E-state index in [4.69, 9.17) is 9.63 Å². The van der Waals surface area contributed by atoms with Crippen molar-refractivity contribution in [3.63, 3.8) is 0 Å². The largest absolute Gasteiger partial charge is 0.481 e. The molecule has 1 N–H and O–H groups in total. The van der Waals surface area contributed by atoms with Gasteiger partial charge in [0.1, 0.15) is 5.76 Å². The van der Waals surface area contributed by atoms with Crippen molar-refractivity contribution in [2.75, 3.05) is 0 Å². The fourth-order valence-corrected chi connectivity index (χ4v) is 1.48. The summed E-state index contributed by atoms with van der Waals surface area (Å²) < 4.78 is 4.83. The van der Waals surface area contributed by atoms with Gasteiger partial charge in [-0.2, -0.15) is 0 Å². The lowest BCUT2D eigenvalue weighted by atomic mass is 9.98. The summed E-state index contributed by atoms with van der Waals surface area (Å²) in [6.07, 6.45) is 2.91. The fourth-order valence-electron chi connectivity index (χ4n) is 1.48. The molecule has 0 spiro atoms. The topological polar surface area (TPSA) is 63.3 Å². The number of carbonyl (C=O) groups is 1. The van der Waals surface area contributed by atoms with Crippen LogP contribution in [0.25, 0.3) is 0 Å². The molecule has 1 aliphatic carbocycles. The number of hydrogen-bond acceptors (Lipinski definition) is 3. The van der Waals surface area contributed by atoms with E-state index in [0.29, 0.717) is 18.6 Å². The Kier molecular flexibility index (Phi) is 1.28. The van der Waals surface area contributed by atoms with Gasteiger partial charge in [-0.1, -0.05) is 5.16 Å². The average Bonchev–Trinajstić information content (AvgIpc) is 2.71. The van der Waals surface area contributed by atoms with Crippen LogP contribution in [0.5, 0.6) is 0 Å². The molecule has 4 nitrogen and oxygen atoms in total. The van der Waals surface area contributed by atoms with Crippen LogP contribution in [0.2, 0.25) is 0 Å². The van der Waals surface area contributed by atoms with Crippen LogP contribution in [0.3, 0.4) is 0 Å². The summed E-state index contributed by atoms with van der Waals surface area (Å²) in [5, 5.41) is 12.5. The van der Waals surface area contributed by atoms with Crippen molar-refractivity contribution in [1.82, 2.24) is 5.16 Å². The first-order valence-electron chi connectivity index (χ1n) is 3.82. The van der Waals surface area contributed by atoms with Crippen molar-refractivity contribution in [3.05, 3.63) is 17.5 Å². The molecule has 1 fully saturated rings. The zero-order chi connectivity index (χ0) is 8.77. The molecule has 4 heteroatoms. The Balaban J connectivity index is 2.43. The van der Waals surface area contributed by atoms with Crippen LogP contribution in [0.15, 0.2) is 10.7 Å². The van der Waals surface area contributed by atoms with Crippen LogP contribution in [0.4, 0.5) is 0 Å². The predicted molar refractivity (Wildman–Crippen MR) is 39.8 cm³/mol. The summed E-state index contributed by atoms with van der Waals surface area (Å²) in [6, 6.07) is 0. The van der Waals surface area contributed by atoms with Gasteiger partial charge in [0.05, 0.1) is 11.6 Å². The number of aliphatic carboxylic acids is 1. The molecular formula is C8H9NO3. The van der Waals surface area contributed by atoms with Gasteiger partial charge in [0.25, 0.3) is 0 Å². The van der Waals surface area contributed by atoms with E-state index < -0.39 is 11.4 Å². The van der Waals surface area contributed by atoms with Crippen molar-refractivity contribution >= 4 is 5.97 Å². The Labute approximate surface area is 69.2 Å². The Morgan fingerprint density at radius 2 is 2.42 bits per heavy atom. The highest BCUT2D eigenvalue weighted by Gasteiger charge is 2.53. The normalized spacial score (nSPS) is 19.1. The third kappa shape index (κ3) is 0.776. The first-order valence-corrected chi connectivity index (χ1v) is 3.82. The van der Waals surface area contributed by atoms with E-state index in [-0.39, 0.29) is 0 Å². The zero-order valence-corrected chi connectivity index (χ0v) is 6.70. The fraction of sp³-hybridized carbons (Fsp3) is 0.500. The lowest BCUT2D eigenvalue weighted by Gasteiger charge is -2.05. The van der Waals surface area contributed by atoms with Gasteiger partial charge < -0.3 is 9.63 Å². The summed E-state index contributed by atoms with van der Waals surface area (Å²) in [4.78, 5) is 10.9.